The fourth-order valence-electron chi connectivity index (χ4n) is 3.50. The van der Waals surface area contributed by atoms with Crippen molar-refractivity contribution in [2.45, 2.75) is 13.5 Å². The van der Waals surface area contributed by atoms with Crippen LogP contribution in [-0.4, -0.2) is 54.1 Å². The number of aromatic nitrogens is 2. The third-order valence-corrected chi connectivity index (χ3v) is 5.04. The Hall–Kier alpha value is -3.53. The lowest BCUT2D eigenvalue weighted by atomic mass is 10.2. The zero-order valence-corrected chi connectivity index (χ0v) is 17.5. The monoisotopic (exact) mass is 443 g/mol. The molecule has 0 bridgehead atoms. The van der Waals surface area contributed by atoms with Crippen LogP contribution in [0, 0.1) is 0 Å². The van der Waals surface area contributed by atoms with Crippen molar-refractivity contribution < 1.29 is 23.1 Å². The van der Waals surface area contributed by atoms with Crippen molar-refractivity contribution in [3.05, 3.63) is 54.4 Å². The van der Waals surface area contributed by atoms with Gasteiger partial charge in [0.2, 0.25) is 0 Å². The number of nitrogens with one attached hydrogen (secondary N) is 1. The normalized spacial score (nSPS) is 14.8. The predicted molar refractivity (Wildman–Crippen MR) is 117 cm³/mol. The summed E-state index contributed by atoms with van der Waals surface area (Å²) < 4.78 is 33.2. The van der Waals surface area contributed by atoms with Gasteiger partial charge >= 0.3 is 6.55 Å². The van der Waals surface area contributed by atoms with Crippen molar-refractivity contribution in [1.29, 1.82) is 0 Å². The van der Waals surface area contributed by atoms with Gasteiger partial charge in [0.05, 0.1) is 24.2 Å². The zero-order valence-electron chi connectivity index (χ0n) is 17.5. The van der Waals surface area contributed by atoms with Gasteiger partial charge in [0.25, 0.3) is 5.91 Å². The van der Waals surface area contributed by atoms with Crippen LogP contribution in [0.15, 0.2) is 53.7 Å². The SMILES string of the molecule is C/C(=N\OCC(=O)Nc1ccc(N2CCOCC2)cc1)c1nc2ccccc2n1C(F)F. The third-order valence-electron chi connectivity index (χ3n) is 5.04. The van der Waals surface area contributed by atoms with Crippen LogP contribution in [0.1, 0.15) is 19.3 Å². The molecule has 32 heavy (non-hydrogen) atoms. The van der Waals surface area contributed by atoms with E-state index in [2.05, 4.69) is 20.4 Å². The highest BCUT2D eigenvalue weighted by Crippen LogP contribution is 2.23. The number of nitrogens with zero attached hydrogens (tertiary/aromatic N) is 4. The number of rotatable bonds is 7. The summed E-state index contributed by atoms with van der Waals surface area (Å²) in [5.74, 6) is -0.427. The van der Waals surface area contributed by atoms with E-state index in [1.165, 1.54) is 6.92 Å². The average Bonchev–Trinajstić information content (AvgIpc) is 3.20. The van der Waals surface area contributed by atoms with E-state index in [1.807, 2.05) is 24.3 Å². The summed E-state index contributed by atoms with van der Waals surface area (Å²) in [4.78, 5) is 23.7. The molecule has 1 N–H and O–H groups in total. The maximum atomic E-state index is 13.5. The third kappa shape index (κ3) is 4.86. The second-order valence-corrected chi connectivity index (χ2v) is 7.22. The van der Waals surface area contributed by atoms with Gasteiger partial charge in [-0.25, -0.2) is 4.98 Å². The van der Waals surface area contributed by atoms with E-state index >= 15 is 0 Å². The molecular formula is C22H23F2N5O3. The standard InChI is InChI=1S/C22H23F2N5O3/c1-15(21-26-18-4-2-3-5-19(18)29(21)22(23)24)27-32-14-20(30)25-16-6-8-17(9-7-16)28-10-12-31-13-11-28/h2-9,22H,10-14H2,1H3,(H,25,30)/b27-15+. The minimum atomic E-state index is -2.79. The Labute approximate surface area is 183 Å². The summed E-state index contributed by atoms with van der Waals surface area (Å²) in [5.41, 5.74) is 2.55. The molecule has 4 rings (SSSR count). The summed E-state index contributed by atoms with van der Waals surface area (Å²) in [5, 5.41) is 6.53. The molecule has 1 aliphatic heterocycles. The minimum Gasteiger partial charge on any atom is -0.385 e. The van der Waals surface area contributed by atoms with Gasteiger partial charge in [0.15, 0.2) is 12.4 Å². The van der Waals surface area contributed by atoms with Gasteiger partial charge in [-0.15, -0.1) is 0 Å². The molecule has 1 fully saturated rings. The number of hydrogen-bond acceptors (Lipinski definition) is 6. The van der Waals surface area contributed by atoms with Gasteiger partial charge < -0.3 is 19.8 Å². The van der Waals surface area contributed by atoms with Crippen LogP contribution in [0.5, 0.6) is 0 Å². The first-order valence-corrected chi connectivity index (χ1v) is 10.2. The first kappa shape index (κ1) is 21.7. The van der Waals surface area contributed by atoms with Crippen LogP contribution in [0.25, 0.3) is 11.0 Å². The number of para-hydroxylation sites is 2. The van der Waals surface area contributed by atoms with Crippen molar-refractivity contribution in [3.8, 4) is 0 Å². The Balaban J connectivity index is 1.35. The first-order chi connectivity index (χ1) is 15.5. The fourth-order valence-corrected chi connectivity index (χ4v) is 3.50. The molecule has 1 saturated heterocycles. The number of imidazole rings is 1. The average molecular weight is 443 g/mol. The Bertz CT molecular complexity index is 1110. The van der Waals surface area contributed by atoms with Gasteiger partial charge in [-0.3, -0.25) is 9.36 Å². The number of alkyl halides is 2. The molecule has 1 aromatic heterocycles. The molecule has 0 radical (unpaired) electrons. The number of oxime groups is 1. The number of amides is 1. The Morgan fingerprint density at radius 3 is 2.62 bits per heavy atom. The van der Waals surface area contributed by atoms with Crippen molar-refractivity contribution in [1.82, 2.24) is 9.55 Å². The molecule has 0 saturated carbocycles. The molecule has 0 spiro atoms. The molecule has 3 aromatic rings. The number of carbonyl (C=O) groups excluding carboxylic acids is 1. The highest BCUT2D eigenvalue weighted by molar-refractivity contribution is 5.98. The van der Waals surface area contributed by atoms with E-state index in [1.54, 1.807) is 24.3 Å². The van der Waals surface area contributed by atoms with Gasteiger partial charge in [-0.05, 0) is 43.3 Å². The second-order valence-electron chi connectivity index (χ2n) is 7.22. The topological polar surface area (TPSA) is 81.0 Å². The van der Waals surface area contributed by atoms with E-state index in [-0.39, 0.29) is 18.1 Å². The second kappa shape index (κ2) is 9.73. The van der Waals surface area contributed by atoms with E-state index < -0.39 is 12.5 Å². The molecule has 10 heteroatoms. The van der Waals surface area contributed by atoms with E-state index in [0.717, 1.165) is 23.3 Å². The van der Waals surface area contributed by atoms with Crippen molar-refractivity contribution >= 4 is 34.0 Å². The van der Waals surface area contributed by atoms with Crippen molar-refractivity contribution in [2.75, 3.05) is 43.1 Å². The maximum Gasteiger partial charge on any atom is 0.320 e. The molecule has 1 amide bonds. The highest BCUT2D eigenvalue weighted by atomic mass is 19.3. The first-order valence-electron chi connectivity index (χ1n) is 10.2. The maximum absolute atomic E-state index is 13.5. The molecule has 168 valence electrons. The lowest BCUT2D eigenvalue weighted by Crippen LogP contribution is -2.36. The van der Waals surface area contributed by atoms with E-state index in [4.69, 9.17) is 9.57 Å². The number of fused-ring (bicyclic) bond motifs is 1. The van der Waals surface area contributed by atoms with Gasteiger partial charge in [-0.1, -0.05) is 17.3 Å². The number of morpholine rings is 1. The summed E-state index contributed by atoms with van der Waals surface area (Å²) in [6.45, 7) is 1.41. The largest absolute Gasteiger partial charge is 0.385 e. The molecule has 2 aromatic carbocycles. The molecule has 1 aliphatic rings. The van der Waals surface area contributed by atoms with Crippen LogP contribution in [0.4, 0.5) is 20.2 Å². The van der Waals surface area contributed by atoms with Gasteiger partial charge in [0.1, 0.15) is 5.71 Å². The number of anilines is 2. The van der Waals surface area contributed by atoms with Crippen molar-refractivity contribution in [3.63, 3.8) is 0 Å². The minimum absolute atomic E-state index is 0.0136. The smallest absolute Gasteiger partial charge is 0.320 e. The molecular weight excluding hydrogens is 420 g/mol. The van der Waals surface area contributed by atoms with Crippen LogP contribution in [-0.2, 0) is 14.4 Å². The number of ether oxygens (including phenoxy) is 1. The number of hydrogen-bond donors (Lipinski definition) is 1. The summed E-state index contributed by atoms with van der Waals surface area (Å²) in [6.07, 6.45) is 0. The summed E-state index contributed by atoms with van der Waals surface area (Å²) in [6, 6.07) is 14.1. The molecule has 0 atom stereocenters. The zero-order chi connectivity index (χ0) is 22.5. The van der Waals surface area contributed by atoms with Crippen LogP contribution < -0.4 is 10.2 Å². The lowest BCUT2D eigenvalue weighted by Gasteiger charge is -2.28. The Kier molecular flexibility index (Phi) is 6.60. The van der Waals surface area contributed by atoms with Crippen LogP contribution >= 0.6 is 0 Å². The van der Waals surface area contributed by atoms with Gasteiger partial charge in [-0.2, -0.15) is 8.78 Å². The summed E-state index contributed by atoms with van der Waals surface area (Å²) in [7, 11) is 0. The molecule has 0 unspecified atom stereocenters. The Morgan fingerprint density at radius 2 is 1.91 bits per heavy atom. The van der Waals surface area contributed by atoms with E-state index in [9.17, 15) is 13.6 Å². The van der Waals surface area contributed by atoms with E-state index in [0.29, 0.717) is 29.9 Å². The lowest BCUT2D eigenvalue weighted by molar-refractivity contribution is -0.120. The number of carbonyl (C=O) groups is 1. The molecule has 8 nitrogen and oxygen atoms in total. The van der Waals surface area contributed by atoms with Crippen LogP contribution in [0.2, 0.25) is 0 Å². The van der Waals surface area contributed by atoms with Crippen molar-refractivity contribution in [2.24, 2.45) is 5.16 Å². The van der Waals surface area contributed by atoms with Gasteiger partial charge in [0, 0.05) is 24.5 Å². The Morgan fingerprint density at radius 1 is 1.19 bits per heavy atom. The highest BCUT2D eigenvalue weighted by Gasteiger charge is 2.19. The number of benzene rings is 2. The fraction of sp³-hybridized carbons (Fsp3) is 0.318. The molecule has 0 aliphatic carbocycles. The summed E-state index contributed by atoms with van der Waals surface area (Å²) >= 11 is 0. The van der Waals surface area contributed by atoms with Crippen LogP contribution in [0.3, 0.4) is 0 Å². The molecule has 2 heterocycles. The number of halogens is 2. The predicted octanol–water partition coefficient (Wildman–Crippen LogP) is 3.65. The quantitative estimate of drug-likeness (QED) is 0.445.